The summed E-state index contributed by atoms with van der Waals surface area (Å²) in [6.07, 6.45) is -2.18. The normalized spacial score (nSPS) is 35.3. The molecule has 0 unspecified atom stereocenters. The summed E-state index contributed by atoms with van der Waals surface area (Å²) >= 11 is 1.44. The first-order valence-corrected chi connectivity index (χ1v) is 5.81. The average Bonchev–Trinajstić information content (AvgIpc) is 2.59. The number of ether oxygens (including phenoxy) is 1. The summed E-state index contributed by atoms with van der Waals surface area (Å²) in [6.45, 7) is 0. The van der Waals surface area contributed by atoms with Gasteiger partial charge in [0.1, 0.15) is 11.5 Å². The van der Waals surface area contributed by atoms with Gasteiger partial charge < -0.3 is 9.64 Å². The van der Waals surface area contributed by atoms with Crippen LogP contribution in [0.1, 0.15) is 12.8 Å². The third-order valence-electron chi connectivity index (χ3n) is 2.53. The van der Waals surface area contributed by atoms with Crippen molar-refractivity contribution in [2.45, 2.75) is 36.8 Å². The van der Waals surface area contributed by atoms with E-state index in [-0.39, 0.29) is 11.5 Å². The molecule has 2 rings (SSSR count). The van der Waals surface area contributed by atoms with Crippen LogP contribution < -0.4 is 0 Å². The molecule has 15 heavy (non-hydrogen) atoms. The Kier molecular flexibility index (Phi) is 3.16. The molecule has 0 aliphatic carbocycles. The largest absolute Gasteiger partial charge is 0.358 e. The van der Waals surface area contributed by atoms with Crippen LogP contribution in [-0.2, 0) is 4.74 Å². The molecule has 6 heteroatoms. The van der Waals surface area contributed by atoms with E-state index in [1.807, 2.05) is 19.0 Å². The average molecular weight is 236 g/mol. The lowest BCUT2D eigenvalue weighted by molar-refractivity contribution is -0.0940. The van der Waals surface area contributed by atoms with Crippen LogP contribution in [0.4, 0.5) is 8.78 Å². The lowest BCUT2D eigenvalue weighted by atomic mass is 10.1. The molecule has 0 bridgehead atoms. The summed E-state index contributed by atoms with van der Waals surface area (Å²) in [7, 11) is 3.79. The van der Waals surface area contributed by atoms with Crippen LogP contribution in [0.3, 0.4) is 0 Å². The predicted molar refractivity (Wildman–Crippen MR) is 56.4 cm³/mol. The molecule has 0 aromatic rings. The van der Waals surface area contributed by atoms with Gasteiger partial charge in [-0.2, -0.15) is 0 Å². The van der Waals surface area contributed by atoms with Crippen LogP contribution in [0.15, 0.2) is 4.99 Å². The van der Waals surface area contributed by atoms with Crippen molar-refractivity contribution < 1.29 is 13.5 Å². The molecule has 1 saturated heterocycles. The molecule has 86 valence electrons. The number of hydrogen-bond donors (Lipinski definition) is 0. The Hall–Kier alpha value is -0.360. The molecular weight excluding hydrogens is 222 g/mol. The van der Waals surface area contributed by atoms with Gasteiger partial charge in [0.2, 0.25) is 0 Å². The second-order valence-electron chi connectivity index (χ2n) is 3.95. The van der Waals surface area contributed by atoms with E-state index >= 15 is 0 Å². The lowest BCUT2D eigenvalue weighted by Gasteiger charge is -2.29. The minimum Gasteiger partial charge on any atom is -0.358 e. The van der Waals surface area contributed by atoms with E-state index in [1.54, 1.807) is 0 Å². The molecule has 0 aromatic heterocycles. The van der Waals surface area contributed by atoms with Gasteiger partial charge >= 0.3 is 0 Å². The van der Waals surface area contributed by atoms with Crippen LogP contribution in [0, 0.1) is 0 Å². The van der Waals surface area contributed by atoms with E-state index in [0.717, 1.165) is 5.17 Å². The fourth-order valence-corrected chi connectivity index (χ4v) is 2.88. The number of aliphatic imine (C=N–C) groups is 1. The molecule has 0 spiro atoms. The van der Waals surface area contributed by atoms with Crippen molar-refractivity contribution >= 4 is 16.9 Å². The fraction of sp³-hybridized carbons (Fsp3) is 0.889. The zero-order chi connectivity index (χ0) is 11.0. The number of rotatable bonds is 1. The minimum absolute atomic E-state index is 0.0578. The van der Waals surface area contributed by atoms with Gasteiger partial charge in [-0.3, -0.25) is 4.99 Å². The highest BCUT2D eigenvalue weighted by Gasteiger charge is 2.40. The summed E-state index contributed by atoms with van der Waals surface area (Å²) in [5.74, 6) is 0. The van der Waals surface area contributed by atoms with Crippen molar-refractivity contribution in [1.82, 2.24) is 4.90 Å². The predicted octanol–water partition coefficient (Wildman–Crippen LogP) is 1.79. The van der Waals surface area contributed by atoms with Gasteiger partial charge in [-0.25, -0.2) is 8.78 Å². The number of fused-ring (bicyclic) bond motifs is 1. The van der Waals surface area contributed by atoms with Crippen LogP contribution >= 0.6 is 11.8 Å². The Morgan fingerprint density at radius 1 is 1.47 bits per heavy atom. The molecule has 1 fully saturated rings. The van der Waals surface area contributed by atoms with Gasteiger partial charge in [-0.1, -0.05) is 11.8 Å². The molecular formula is C9H14F2N2OS. The number of alkyl halides is 2. The highest BCUT2D eigenvalue weighted by atomic mass is 32.2. The van der Waals surface area contributed by atoms with Crippen molar-refractivity contribution in [3.63, 3.8) is 0 Å². The number of thioether (sulfide) groups is 1. The van der Waals surface area contributed by atoms with Crippen molar-refractivity contribution in [3.8, 4) is 0 Å². The Morgan fingerprint density at radius 2 is 2.20 bits per heavy atom. The maximum atomic E-state index is 12.5. The Morgan fingerprint density at radius 3 is 2.80 bits per heavy atom. The van der Waals surface area contributed by atoms with Gasteiger partial charge in [0.25, 0.3) is 6.43 Å². The van der Waals surface area contributed by atoms with Gasteiger partial charge in [0, 0.05) is 14.1 Å². The van der Waals surface area contributed by atoms with Crippen molar-refractivity contribution in [1.29, 1.82) is 0 Å². The molecule has 2 heterocycles. The van der Waals surface area contributed by atoms with Gasteiger partial charge in [0.15, 0.2) is 5.17 Å². The maximum absolute atomic E-state index is 12.5. The molecule has 0 N–H and O–H groups in total. The smallest absolute Gasteiger partial charge is 0.264 e. The number of halogens is 2. The molecule has 2 aliphatic heterocycles. The summed E-state index contributed by atoms with van der Waals surface area (Å²) < 4.78 is 30.2. The third kappa shape index (κ3) is 2.25. The van der Waals surface area contributed by atoms with Gasteiger partial charge in [-0.05, 0) is 12.8 Å². The molecule has 0 aromatic carbocycles. The molecule has 3 atom stereocenters. The standard InChI is InChI=1S/C9H14F2N2OS/c1-13(2)9-12-5-3-4-6(7(10)11)14-8(5)15-9/h5-8H,3-4H2,1-2H3/t5-,6+,8-/m1/s1. The third-order valence-corrected chi connectivity index (χ3v) is 3.87. The van der Waals surface area contributed by atoms with E-state index in [4.69, 9.17) is 4.74 Å². The Balaban J connectivity index is 1.97. The molecule has 0 saturated carbocycles. The van der Waals surface area contributed by atoms with E-state index in [0.29, 0.717) is 12.8 Å². The van der Waals surface area contributed by atoms with Crippen molar-refractivity contribution in [2.75, 3.05) is 14.1 Å². The van der Waals surface area contributed by atoms with E-state index in [9.17, 15) is 8.78 Å². The zero-order valence-electron chi connectivity index (χ0n) is 8.69. The van der Waals surface area contributed by atoms with Gasteiger partial charge in [-0.15, -0.1) is 0 Å². The van der Waals surface area contributed by atoms with Crippen molar-refractivity contribution in [3.05, 3.63) is 0 Å². The first kappa shape index (κ1) is 11.1. The summed E-state index contributed by atoms with van der Waals surface area (Å²) in [4.78, 5) is 6.33. The first-order valence-electron chi connectivity index (χ1n) is 4.93. The Labute approximate surface area is 91.9 Å². The SMILES string of the molecule is CN(C)C1=N[C@@H]2CC[C@@H](C(F)F)O[C@@H]2S1. The second kappa shape index (κ2) is 4.25. The number of amidine groups is 1. The fourth-order valence-electron chi connectivity index (χ4n) is 1.72. The van der Waals surface area contributed by atoms with Crippen molar-refractivity contribution in [2.24, 2.45) is 4.99 Å². The Bertz CT molecular complexity index is 273. The van der Waals surface area contributed by atoms with Crippen LogP contribution in [0.5, 0.6) is 0 Å². The minimum atomic E-state index is -2.38. The van der Waals surface area contributed by atoms with Crippen LogP contribution in [0.25, 0.3) is 0 Å². The second-order valence-corrected chi connectivity index (χ2v) is 5.01. The molecule has 3 nitrogen and oxygen atoms in total. The summed E-state index contributed by atoms with van der Waals surface area (Å²) in [5, 5.41) is 0.875. The topological polar surface area (TPSA) is 24.8 Å². The van der Waals surface area contributed by atoms with E-state index in [2.05, 4.69) is 4.99 Å². The highest BCUT2D eigenvalue weighted by molar-refractivity contribution is 8.14. The molecule has 2 aliphatic rings. The van der Waals surface area contributed by atoms with E-state index < -0.39 is 12.5 Å². The van der Waals surface area contributed by atoms with E-state index in [1.165, 1.54) is 11.8 Å². The monoisotopic (exact) mass is 236 g/mol. The summed E-state index contributed by atoms with van der Waals surface area (Å²) in [6, 6.07) is 0.0578. The lowest BCUT2D eigenvalue weighted by Crippen LogP contribution is -2.37. The van der Waals surface area contributed by atoms with Gasteiger partial charge in [0.05, 0.1) is 6.04 Å². The maximum Gasteiger partial charge on any atom is 0.264 e. The van der Waals surface area contributed by atoms with Crippen LogP contribution in [-0.4, -0.2) is 48.2 Å². The quantitative estimate of drug-likeness (QED) is 0.694. The molecule has 0 radical (unpaired) electrons. The first-order chi connectivity index (χ1) is 7.08. The molecule has 0 amide bonds. The summed E-state index contributed by atoms with van der Waals surface area (Å²) in [5.41, 5.74) is -0.213. The zero-order valence-corrected chi connectivity index (χ0v) is 9.51. The number of hydrogen-bond acceptors (Lipinski definition) is 4. The highest BCUT2D eigenvalue weighted by Crippen LogP contribution is 2.37. The number of nitrogens with zero attached hydrogens (tertiary/aromatic N) is 2. The van der Waals surface area contributed by atoms with Crippen LogP contribution in [0.2, 0.25) is 0 Å².